The molecule has 144 valence electrons. The molecule has 2 aliphatic carbocycles. The fourth-order valence-corrected chi connectivity index (χ4v) is 8.15. The molecule has 3 aromatic rings. The van der Waals surface area contributed by atoms with Crippen LogP contribution in [0.2, 0.25) is 0 Å². The molecule has 29 heavy (non-hydrogen) atoms. The molecule has 3 nitrogen and oxygen atoms in total. The summed E-state index contributed by atoms with van der Waals surface area (Å²) < 4.78 is 4.33. The van der Waals surface area contributed by atoms with Gasteiger partial charge in [-0.05, 0) is 0 Å². The largest absolute Gasteiger partial charge is 1.00 e. The maximum Gasteiger partial charge on any atom is -1.00 e. The molecule has 0 amide bonds. The average Bonchev–Trinajstić information content (AvgIpc) is 3.44. The van der Waals surface area contributed by atoms with Crippen molar-refractivity contribution in [2.24, 2.45) is 0 Å². The molecule has 0 fully saturated rings. The van der Waals surface area contributed by atoms with E-state index in [1.165, 1.54) is 22.4 Å². The molecule has 0 bridgehead atoms. The molecule has 1 aromatic heterocycles. The van der Waals surface area contributed by atoms with Crippen LogP contribution in [0.1, 0.15) is 26.7 Å². The van der Waals surface area contributed by atoms with Crippen molar-refractivity contribution in [3.05, 3.63) is 105 Å². The monoisotopic (exact) mass is 497 g/mol. The van der Waals surface area contributed by atoms with E-state index in [0.717, 1.165) is 12.8 Å². The average molecular weight is 500 g/mol. The summed E-state index contributed by atoms with van der Waals surface area (Å²) >= 11 is -0.851. The number of hydrogen-bond donors (Lipinski definition) is 0. The van der Waals surface area contributed by atoms with Crippen LogP contribution in [0.4, 0.5) is 0 Å². The number of rotatable bonds is 5. The van der Waals surface area contributed by atoms with Gasteiger partial charge in [-0.1, -0.05) is 0 Å². The Hall–Kier alpha value is -1.74. The Bertz CT molecular complexity index is 1060. The Morgan fingerprint density at radius 3 is 2.45 bits per heavy atom. The molecule has 2 aliphatic rings. The van der Waals surface area contributed by atoms with Gasteiger partial charge < -0.3 is 24.8 Å². The summed E-state index contributed by atoms with van der Waals surface area (Å²) in [5.41, 5.74) is 7.11. The predicted molar refractivity (Wildman–Crippen MR) is 104 cm³/mol. The normalized spacial score (nSPS) is 16.6. The molecule has 0 saturated heterocycles. The van der Waals surface area contributed by atoms with Gasteiger partial charge in [0.1, 0.15) is 0 Å². The van der Waals surface area contributed by atoms with E-state index in [1.54, 1.807) is 8.85 Å². The maximum atomic E-state index is 4.03. The molecule has 0 spiro atoms. The van der Waals surface area contributed by atoms with E-state index in [9.17, 15) is 0 Å². The number of nitrogens with zero attached hydrogens (tertiary/aromatic N) is 3. The van der Waals surface area contributed by atoms with E-state index in [-0.39, 0.29) is 24.8 Å². The smallest absolute Gasteiger partial charge is 1.00 e. The molecule has 1 unspecified atom stereocenters. The van der Waals surface area contributed by atoms with Crippen LogP contribution >= 0.6 is 0 Å². The van der Waals surface area contributed by atoms with Crippen LogP contribution in [0.5, 0.6) is 0 Å². The molecule has 2 aromatic carbocycles. The van der Waals surface area contributed by atoms with Gasteiger partial charge in [0.25, 0.3) is 0 Å². The van der Waals surface area contributed by atoms with Crippen molar-refractivity contribution in [2.75, 3.05) is 0 Å². The minimum Gasteiger partial charge on any atom is -1.00 e. The molecule has 5 rings (SSSR count). The first-order chi connectivity index (χ1) is 13.4. The first-order valence-corrected chi connectivity index (χ1v) is 11.9. The van der Waals surface area contributed by atoms with Gasteiger partial charge in [0.2, 0.25) is 0 Å². The predicted octanol–water partition coefficient (Wildman–Crippen LogP) is -1.12. The van der Waals surface area contributed by atoms with Crippen LogP contribution < -0.4 is 24.8 Å². The Kier molecular flexibility index (Phi) is 7.45. The number of fused-ring (bicyclic) bond motifs is 1. The van der Waals surface area contributed by atoms with Crippen molar-refractivity contribution in [1.82, 2.24) is 14.8 Å². The zero-order valence-corrected chi connectivity index (χ0v) is 19.6. The number of benzene rings is 2. The summed E-state index contributed by atoms with van der Waals surface area (Å²) in [6.07, 6.45) is 12.9. The van der Waals surface area contributed by atoms with E-state index >= 15 is 0 Å². The quantitative estimate of drug-likeness (QED) is 0.446. The van der Waals surface area contributed by atoms with Crippen molar-refractivity contribution in [2.45, 2.75) is 16.5 Å². The summed E-state index contributed by atoms with van der Waals surface area (Å²) in [7, 11) is 0. The number of allylic oxidation sites excluding steroid dienone is 5. The molecular formula is C23H19Cl2N3Zr. The fraction of sp³-hybridized carbons (Fsp3) is 0.130. The van der Waals surface area contributed by atoms with Crippen LogP contribution in [0.25, 0.3) is 11.8 Å². The zero-order chi connectivity index (χ0) is 18.1. The van der Waals surface area contributed by atoms with Gasteiger partial charge in [-0.25, -0.2) is 0 Å². The minimum atomic E-state index is -0.851. The fourth-order valence-electron chi connectivity index (χ4n) is 3.87. The van der Waals surface area contributed by atoms with Gasteiger partial charge in [-0.3, -0.25) is 0 Å². The molecule has 0 saturated carbocycles. The van der Waals surface area contributed by atoms with Crippen LogP contribution in [0.15, 0.2) is 88.3 Å². The third-order valence-electron chi connectivity index (χ3n) is 5.21. The van der Waals surface area contributed by atoms with Crippen LogP contribution in [0, 0.1) is 0 Å². The zero-order valence-electron chi connectivity index (χ0n) is 15.7. The molecule has 1 heterocycles. The standard InChI is InChI=1S/C12H11.C11H8N3.2ClH.Zr/c1-2-6-11(7-3-1)10-12-8-4-5-9-12;1-2-4-10-6-11(5-9(10)3-1)14-7-12-13-8-14;;;/h1-4,6-8H,5,10H2;1-8H;2*1H;/q;;;;+2/p-2. The van der Waals surface area contributed by atoms with Crippen molar-refractivity contribution >= 4 is 11.8 Å². The van der Waals surface area contributed by atoms with E-state index in [2.05, 4.69) is 87.6 Å². The third kappa shape index (κ3) is 4.55. The van der Waals surface area contributed by atoms with E-state index in [0.29, 0.717) is 3.63 Å². The Morgan fingerprint density at radius 1 is 0.931 bits per heavy atom. The summed E-state index contributed by atoms with van der Waals surface area (Å²) in [5.74, 6) is 0. The first kappa shape index (κ1) is 22.0. The van der Waals surface area contributed by atoms with Crippen molar-refractivity contribution in [3.8, 4) is 0 Å². The van der Waals surface area contributed by atoms with Gasteiger partial charge in [-0.15, -0.1) is 0 Å². The van der Waals surface area contributed by atoms with Crippen LogP contribution in [0.3, 0.4) is 0 Å². The van der Waals surface area contributed by atoms with Gasteiger partial charge in [-0.2, -0.15) is 0 Å². The molecule has 0 radical (unpaired) electrons. The second-order valence-electron chi connectivity index (χ2n) is 6.92. The second-order valence-corrected chi connectivity index (χ2v) is 10.5. The number of hydrogen-bond acceptors (Lipinski definition) is 2. The number of aromatic nitrogens is 3. The van der Waals surface area contributed by atoms with Crippen molar-refractivity contribution in [3.63, 3.8) is 0 Å². The van der Waals surface area contributed by atoms with Crippen molar-refractivity contribution in [1.29, 1.82) is 0 Å². The molecule has 6 heteroatoms. The van der Waals surface area contributed by atoms with Crippen LogP contribution in [-0.4, -0.2) is 14.8 Å². The maximum absolute atomic E-state index is 4.03. The van der Waals surface area contributed by atoms with E-state index in [4.69, 9.17) is 0 Å². The Labute approximate surface area is 195 Å². The SMILES string of the molecule is C1=CC(Cc2ccccc2)=[C]([Zr+2][CH]2C(n3cnnc3)=Cc3ccccc32)C1.[Cl-].[Cl-]. The second kappa shape index (κ2) is 9.84. The first-order valence-electron chi connectivity index (χ1n) is 9.23. The van der Waals surface area contributed by atoms with Gasteiger partial charge in [0.05, 0.1) is 0 Å². The molecule has 0 N–H and O–H groups in total. The Morgan fingerprint density at radius 2 is 1.66 bits per heavy atom. The van der Waals surface area contributed by atoms with Crippen molar-refractivity contribution < 1.29 is 48.0 Å². The summed E-state index contributed by atoms with van der Waals surface area (Å²) in [6.45, 7) is 0. The molecular weight excluding hydrogens is 480 g/mol. The molecule has 0 aliphatic heterocycles. The summed E-state index contributed by atoms with van der Waals surface area (Å²) in [6, 6.07) is 19.6. The summed E-state index contributed by atoms with van der Waals surface area (Å²) in [5, 5.41) is 8.07. The van der Waals surface area contributed by atoms with Crippen LogP contribution in [-0.2, 0) is 29.7 Å². The molecule has 1 atom stereocenters. The summed E-state index contributed by atoms with van der Waals surface area (Å²) in [4.78, 5) is 0. The van der Waals surface area contributed by atoms with E-state index in [1.807, 2.05) is 12.7 Å². The topological polar surface area (TPSA) is 30.7 Å². The van der Waals surface area contributed by atoms with E-state index < -0.39 is 23.2 Å². The van der Waals surface area contributed by atoms with Gasteiger partial charge >= 0.3 is 171 Å². The minimum absolute atomic E-state index is 0. The Balaban J connectivity index is 0.00000120. The number of halogens is 2. The van der Waals surface area contributed by atoms with Gasteiger partial charge in [0.15, 0.2) is 0 Å². The van der Waals surface area contributed by atoms with Gasteiger partial charge in [0, 0.05) is 0 Å². The third-order valence-corrected chi connectivity index (χ3v) is 9.56.